The van der Waals surface area contributed by atoms with E-state index < -0.39 is 0 Å². The van der Waals surface area contributed by atoms with Crippen molar-refractivity contribution in [3.05, 3.63) is 30.3 Å². The van der Waals surface area contributed by atoms with E-state index in [2.05, 4.69) is 35.5 Å². The summed E-state index contributed by atoms with van der Waals surface area (Å²) in [6, 6.07) is 10.7. The van der Waals surface area contributed by atoms with Gasteiger partial charge in [0.1, 0.15) is 0 Å². The average Bonchev–Trinajstić information content (AvgIpc) is 2.84. The molecule has 1 aromatic rings. The first-order valence-corrected chi connectivity index (χ1v) is 8.45. The molecule has 3 nitrogen and oxygen atoms in total. The first-order valence-electron chi connectivity index (χ1n) is 6.39. The van der Waals surface area contributed by atoms with Crippen molar-refractivity contribution in [2.75, 3.05) is 6.61 Å². The number of hydrogen-bond donors (Lipinski definition) is 1. The van der Waals surface area contributed by atoms with Gasteiger partial charge in [0.15, 0.2) is 0 Å². The maximum absolute atomic E-state index is 8.82. The Bertz CT molecular complexity index is 381. The molecule has 1 unspecified atom stereocenters. The summed E-state index contributed by atoms with van der Waals surface area (Å²) in [4.78, 5) is 5.25. The molecule has 1 heterocycles. The molecule has 1 aliphatic rings. The molecule has 0 saturated heterocycles. The van der Waals surface area contributed by atoms with Crippen LogP contribution in [0, 0.1) is 0 Å². The molecule has 0 amide bonds. The first kappa shape index (κ1) is 13.6. The van der Waals surface area contributed by atoms with E-state index in [1.807, 2.05) is 0 Å². The van der Waals surface area contributed by atoms with Crippen molar-refractivity contribution in [1.82, 2.24) is 0 Å². The van der Waals surface area contributed by atoms with E-state index in [0.717, 1.165) is 18.6 Å². The third-order valence-electron chi connectivity index (χ3n) is 2.87. The van der Waals surface area contributed by atoms with Crippen LogP contribution in [0.15, 0.2) is 35.5 Å². The molecule has 2 rings (SSSR count). The van der Waals surface area contributed by atoms with Gasteiger partial charge in [-0.2, -0.15) is 0 Å². The van der Waals surface area contributed by atoms with E-state index in [-0.39, 0.29) is 12.7 Å². The molecule has 18 heavy (non-hydrogen) atoms. The van der Waals surface area contributed by atoms with Gasteiger partial charge in [-0.1, -0.05) is 0 Å². The second-order valence-corrected chi connectivity index (χ2v) is 6.82. The van der Waals surface area contributed by atoms with Crippen LogP contribution in [0.3, 0.4) is 0 Å². The van der Waals surface area contributed by atoms with E-state index in [1.165, 1.54) is 16.2 Å². The zero-order chi connectivity index (χ0) is 12.6. The molecule has 1 N–H and O–H groups in total. The van der Waals surface area contributed by atoms with Crippen LogP contribution < -0.4 is 4.46 Å². The summed E-state index contributed by atoms with van der Waals surface area (Å²) in [7, 11) is 0. The summed E-state index contributed by atoms with van der Waals surface area (Å²) < 4.78 is 1.47. The molecule has 1 aliphatic heterocycles. The zero-order valence-electron chi connectivity index (χ0n) is 10.4. The predicted octanol–water partition coefficient (Wildman–Crippen LogP) is 1.74. The van der Waals surface area contributed by atoms with Crippen molar-refractivity contribution in [2.24, 2.45) is 5.16 Å². The average molecular weight is 312 g/mol. The van der Waals surface area contributed by atoms with Gasteiger partial charge in [-0.25, -0.2) is 0 Å². The van der Waals surface area contributed by atoms with Crippen LogP contribution in [0.1, 0.15) is 25.7 Å². The Morgan fingerprint density at radius 1 is 1.33 bits per heavy atom. The van der Waals surface area contributed by atoms with E-state index >= 15 is 0 Å². The summed E-state index contributed by atoms with van der Waals surface area (Å²) in [6.07, 6.45) is 3.93. The fourth-order valence-electron chi connectivity index (χ4n) is 1.92. The van der Waals surface area contributed by atoms with Crippen LogP contribution in [-0.2, 0) is 4.84 Å². The van der Waals surface area contributed by atoms with Crippen LogP contribution in [0.2, 0.25) is 5.32 Å². The first-order chi connectivity index (χ1) is 8.88. The molecule has 1 aromatic carbocycles. The van der Waals surface area contributed by atoms with Crippen molar-refractivity contribution >= 4 is 25.1 Å². The van der Waals surface area contributed by atoms with Crippen LogP contribution >= 0.6 is 0 Å². The monoisotopic (exact) mass is 313 g/mol. The molecule has 0 aromatic heterocycles. The molecule has 0 saturated carbocycles. The van der Waals surface area contributed by atoms with E-state index in [0.29, 0.717) is 21.4 Å². The van der Waals surface area contributed by atoms with Gasteiger partial charge in [-0.05, 0) is 0 Å². The third kappa shape index (κ3) is 4.45. The topological polar surface area (TPSA) is 41.8 Å². The van der Waals surface area contributed by atoms with Gasteiger partial charge in [0, 0.05) is 0 Å². The van der Waals surface area contributed by atoms with Gasteiger partial charge in [0.25, 0.3) is 0 Å². The zero-order valence-corrected chi connectivity index (χ0v) is 12.1. The van der Waals surface area contributed by atoms with Crippen LogP contribution in [0.5, 0.6) is 0 Å². The van der Waals surface area contributed by atoms with Gasteiger partial charge in [-0.15, -0.1) is 0 Å². The summed E-state index contributed by atoms with van der Waals surface area (Å²) in [5.74, 6) is 0. The number of nitrogens with zero attached hydrogens (tertiary/aromatic N) is 1. The van der Waals surface area contributed by atoms with E-state index in [1.54, 1.807) is 0 Å². The van der Waals surface area contributed by atoms with E-state index in [9.17, 15) is 0 Å². The summed E-state index contributed by atoms with van der Waals surface area (Å²) in [5.41, 5.74) is 1.16. The van der Waals surface area contributed by atoms with Gasteiger partial charge in [-0.3, -0.25) is 0 Å². The van der Waals surface area contributed by atoms with Crippen molar-refractivity contribution in [1.29, 1.82) is 0 Å². The number of oxime groups is 1. The Morgan fingerprint density at radius 2 is 2.17 bits per heavy atom. The maximum atomic E-state index is 8.82. The van der Waals surface area contributed by atoms with Gasteiger partial charge < -0.3 is 0 Å². The second kappa shape index (κ2) is 7.57. The van der Waals surface area contributed by atoms with E-state index in [4.69, 9.17) is 9.94 Å². The van der Waals surface area contributed by atoms with Crippen molar-refractivity contribution < 1.29 is 9.94 Å². The molecule has 0 spiro atoms. The normalized spacial score (nSPS) is 18.5. The molecule has 98 valence electrons. The Labute approximate surface area is 114 Å². The third-order valence-corrected chi connectivity index (χ3v) is 5.17. The van der Waals surface area contributed by atoms with Crippen LogP contribution in [-0.4, -0.2) is 38.5 Å². The Balaban J connectivity index is 1.59. The van der Waals surface area contributed by atoms with Crippen molar-refractivity contribution in [3.8, 4) is 0 Å². The molecule has 0 aliphatic carbocycles. The van der Waals surface area contributed by atoms with Crippen molar-refractivity contribution in [2.45, 2.75) is 37.1 Å². The standard InChI is InChI=1S/C14H19NO2Se/c16-9-8-13-11-12(15-17-13)5-4-10-18-14-6-2-1-3-7-14/h1-3,6-7,13,16H,4-5,8-11H2. The molecule has 0 fully saturated rings. The van der Waals surface area contributed by atoms with Crippen molar-refractivity contribution in [3.63, 3.8) is 0 Å². The number of hydrogen-bond acceptors (Lipinski definition) is 3. The molecule has 0 radical (unpaired) electrons. The Hall–Kier alpha value is -0.831. The van der Waals surface area contributed by atoms with Gasteiger partial charge >= 0.3 is 114 Å². The molecular weight excluding hydrogens is 293 g/mol. The molecule has 0 bridgehead atoms. The summed E-state index contributed by atoms with van der Waals surface area (Å²) >= 11 is 0.575. The number of rotatable bonds is 7. The van der Waals surface area contributed by atoms with Gasteiger partial charge in [0.05, 0.1) is 0 Å². The quantitative estimate of drug-likeness (QED) is 0.615. The fraction of sp³-hybridized carbons (Fsp3) is 0.500. The number of aliphatic hydroxyl groups excluding tert-OH is 1. The molecule has 1 atom stereocenters. The fourth-order valence-corrected chi connectivity index (χ4v) is 3.75. The van der Waals surface area contributed by atoms with Crippen LogP contribution in [0.25, 0.3) is 0 Å². The molecule has 4 heteroatoms. The Morgan fingerprint density at radius 3 is 2.94 bits per heavy atom. The minimum atomic E-state index is 0.115. The SMILES string of the molecule is OCCC1CC(CCC[Se]c2ccccc2)=NO1. The second-order valence-electron chi connectivity index (χ2n) is 4.37. The minimum absolute atomic E-state index is 0.115. The molecular formula is C14H19NO2Se. The Kier molecular flexibility index (Phi) is 5.72. The number of benzene rings is 1. The summed E-state index contributed by atoms with van der Waals surface area (Å²) in [6.45, 7) is 0.185. The van der Waals surface area contributed by atoms with Crippen LogP contribution in [0.4, 0.5) is 0 Å². The van der Waals surface area contributed by atoms with Gasteiger partial charge in [0.2, 0.25) is 0 Å². The summed E-state index contributed by atoms with van der Waals surface area (Å²) in [5, 5.41) is 14.2. The number of aliphatic hydroxyl groups is 1. The predicted molar refractivity (Wildman–Crippen MR) is 74.5 cm³/mol.